The van der Waals surface area contributed by atoms with E-state index in [4.69, 9.17) is 10.5 Å². The zero-order valence-corrected chi connectivity index (χ0v) is 15.1. The van der Waals surface area contributed by atoms with Crippen LogP contribution in [-0.2, 0) is 9.53 Å². The third-order valence-electron chi connectivity index (χ3n) is 3.50. The number of hydrogen-bond acceptors (Lipinski definition) is 3. The average molecular weight is 342 g/mol. The van der Waals surface area contributed by atoms with Gasteiger partial charge in [-0.05, 0) is 44.4 Å². The van der Waals surface area contributed by atoms with Gasteiger partial charge in [0.15, 0.2) is 0 Å². The number of allylic oxidation sites excluding steroid dienone is 5. The molecule has 0 spiro atoms. The van der Waals surface area contributed by atoms with Crippen molar-refractivity contribution in [1.29, 1.82) is 0 Å². The molecule has 0 fully saturated rings. The number of hydrogen-bond donors (Lipinski definition) is 1. The van der Waals surface area contributed by atoms with Crippen LogP contribution in [0.15, 0.2) is 70.2 Å². The maximum absolute atomic E-state index is 12.2. The molecule has 0 aromatic heterocycles. The number of rotatable bonds is 7. The standard InChI is InChI=1S/C19H26N4O2/c1-5-8-12-25-14-17(22-19(20)21-6-2)15(4)16-10-9-11-23(7-3)18(24)13-16/h5-6,8-9,11-13H,1,7,10,14H2,2-4H3,(H2,20,22)/b12-8-,17-15+,21-6-. The minimum Gasteiger partial charge on any atom is -0.495 e. The summed E-state index contributed by atoms with van der Waals surface area (Å²) in [4.78, 5) is 22.2. The van der Waals surface area contributed by atoms with Crippen molar-refractivity contribution in [3.8, 4) is 0 Å². The van der Waals surface area contributed by atoms with E-state index < -0.39 is 0 Å². The number of likely N-dealkylation sites (N-methyl/N-ethyl adjacent to an activating group) is 1. The lowest BCUT2D eigenvalue weighted by atomic mass is 10.0. The molecule has 0 aromatic rings. The van der Waals surface area contributed by atoms with Crippen LogP contribution in [0.5, 0.6) is 0 Å². The summed E-state index contributed by atoms with van der Waals surface area (Å²) in [5.41, 5.74) is 8.14. The van der Waals surface area contributed by atoms with Gasteiger partial charge in [-0.15, -0.1) is 0 Å². The normalized spacial score (nSPS) is 16.9. The number of guanidine groups is 1. The molecule has 6 nitrogen and oxygen atoms in total. The fourth-order valence-corrected chi connectivity index (χ4v) is 2.14. The van der Waals surface area contributed by atoms with Gasteiger partial charge in [0, 0.05) is 25.0 Å². The summed E-state index contributed by atoms with van der Waals surface area (Å²) in [7, 11) is 0. The molecule has 2 N–H and O–H groups in total. The SMILES string of the molecule is C=C/C=C\OCC(/N=C(N)/N=C\C)=C(/C)C1=CC(=O)N(CC)C=CC1. The first-order valence-electron chi connectivity index (χ1n) is 8.13. The molecule has 1 heterocycles. The highest BCUT2D eigenvalue weighted by Gasteiger charge is 2.14. The summed E-state index contributed by atoms with van der Waals surface area (Å²) >= 11 is 0. The minimum atomic E-state index is -0.0547. The van der Waals surface area contributed by atoms with E-state index in [0.717, 1.165) is 11.1 Å². The second-order valence-electron chi connectivity index (χ2n) is 5.19. The van der Waals surface area contributed by atoms with Crippen molar-refractivity contribution >= 4 is 18.1 Å². The molecule has 134 valence electrons. The molecule has 1 amide bonds. The van der Waals surface area contributed by atoms with E-state index in [0.29, 0.717) is 18.7 Å². The number of nitrogens with two attached hydrogens (primary N) is 1. The maximum Gasteiger partial charge on any atom is 0.250 e. The van der Waals surface area contributed by atoms with Gasteiger partial charge in [0.2, 0.25) is 5.96 Å². The molecule has 0 aliphatic carbocycles. The second-order valence-corrected chi connectivity index (χ2v) is 5.19. The Bertz CT molecular complexity index is 667. The van der Waals surface area contributed by atoms with Crippen LogP contribution < -0.4 is 5.73 Å². The van der Waals surface area contributed by atoms with Crippen molar-refractivity contribution in [1.82, 2.24) is 4.90 Å². The summed E-state index contributed by atoms with van der Waals surface area (Å²) in [5.74, 6) is 0.0837. The third kappa shape index (κ3) is 6.63. The maximum atomic E-state index is 12.2. The lowest BCUT2D eigenvalue weighted by molar-refractivity contribution is -0.123. The van der Waals surface area contributed by atoms with Gasteiger partial charge in [-0.2, -0.15) is 0 Å². The van der Waals surface area contributed by atoms with Crippen LogP contribution in [0, 0.1) is 0 Å². The highest BCUT2D eigenvalue weighted by molar-refractivity contribution is 5.90. The van der Waals surface area contributed by atoms with E-state index in [9.17, 15) is 4.79 Å². The Morgan fingerprint density at radius 2 is 2.28 bits per heavy atom. The zero-order chi connectivity index (χ0) is 18.7. The summed E-state index contributed by atoms with van der Waals surface area (Å²) in [6.07, 6.45) is 12.4. The molecule has 0 aromatic carbocycles. The van der Waals surface area contributed by atoms with Gasteiger partial charge in [0.1, 0.15) is 6.61 Å². The van der Waals surface area contributed by atoms with Crippen LogP contribution in [0.2, 0.25) is 0 Å². The lowest BCUT2D eigenvalue weighted by Gasteiger charge is -2.13. The Morgan fingerprint density at radius 3 is 2.92 bits per heavy atom. The molecule has 0 radical (unpaired) electrons. The van der Waals surface area contributed by atoms with Gasteiger partial charge in [-0.25, -0.2) is 9.98 Å². The Labute approximate surface area is 149 Å². The Balaban J connectivity index is 3.20. The second kappa shape index (κ2) is 10.8. The molecular weight excluding hydrogens is 316 g/mol. The van der Waals surface area contributed by atoms with Crippen LogP contribution in [0.1, 0.15) is 27.2 Å². The fraction of sp³-hybridized carbons (Fsp3) is 0.316. The van der Waals surface area contributed by atoms with Crippen LogP contribution >= 0.6 is 0 Å². The van der Waals surface area contributed by atoms with Crippen LogP contribution in [0.4, 0.5) is 0 Å². The first kappa shape index (κ1) is 20.2. The number of aliphatic imine (C=N–C) groups is 2. The number of ether oxygens (including phenoxy) is 1. The number of amides is 1. The number of carbonyl (C=O) groups excluding carboxylic acids is 1. The average Bonchev–Trinajstić information content (AvgIpc) is 2.78. The van der Waals surface area contributed by atoms with Crippen LogP contribution in [-0.4, -0.2) is 36.1 Å². The monoisotopic (exact) mass is 342 g/mol. The first-order chi connectivity index (χ1) is 12.0. The van der Waals surface area contributed by atoms with Gasteiger partial charge in [-0.1, -0.05) is 18.7 Å². The molecule has 0 saturated carbocycles. The van der Waals surface area contributed by atoms with E-state index in [2.05, 4.69) is 16.6 Å². The quantitative estimate of drug-likeness (QED) is 0.334. The molecule has 0 atom stereocenters. The summed E-state index contributed by atoms with van der Waals surface area (Å²) < 4.78 is 5.46. The minimum absolute atomic E-state index is 0.0547. The zero-order valence-electron chi connectivity index (χ0n) is 15.1. The molecule has 0 saturated heterocycles. The highest BCUT2D eigenvalue weighted by Crippen LogP contribution is 2.22. The molecule has 1 rings (SSSR count). The van der Waals surface area contributed by atoms with E-state index in [1.807, 2.05) is 19.9 Å². The number of carbonyl (C=O) groups is 1. The molecule has 0 bridgehead atoms. The lowest BCUT2D eigenvalue weighted by Crippen LogP contribution is -2.22. The highest BCUT2D eigenvalue weighted by atomic mass is 16.5. The van der Waals surface area contributed by atoms with Gasteiger partial charge < -0.3 is 15.4 Å². The van der Waals surface area contributed by atoms with Crippen molar-refractivity contribution in [3.05, 3.63) is 60.2 Å². The van der Waals surface area contributed by atoms with E-state index in [-0.39, 0.29) is 18.5 Å². The Hall–Kier alpha value is -2.89. The fourth-order valence-electron chi connectivity index (χ4n) is 2.14. The van der Waals surface area contributed by atoms with Crippen LogP contribution in [0.3, 0.4) is 0 Å². The van der Waals surface area contributed by atoms with Crippen molar-refractivity contribution in [2.45, 2.75) is 27.2 Å². The predicted molar refractivity (Wildman–Crippen MR) is 103 cm³/mol. The Morgan fingerprint density at radius 1 is 1.52 bits per heavy atom. The molecule has 6 heteroatoms. The van der Waals surface area contributed by atoms with E-state index >= 15 is 0 Å². The predicted octanol–water partition coefficient (Wildman–Crippen LogP) is 3.07. The summed E-state index contributed by atoms with van der Waals surface area (Å²) in [6, 6.07) is 0. The summed E-state index contributed by atoms with van der Waals surface area (Å²) in [5, 5.41) is 0. The van der Waals surface area contributed by atoms with Gasteiger partial charge in [-0.3, -0.25) is 4.79 Å². The van der Waals surface area contributed by atoms with Gasteiger partial charge >= 0.3 is 0 Å². The van der Waals surface area contributed by atoms with Crippen molar-refractivity contribution in [2.75, 3.05) is 13.2 Å². The van der Waals surface area contributed by atoms with E-state index in [1.165, 1.54) is 6.26 Å². The van der Waals surface area contributed by atoms with Gasteiger partial charge in [0.25, 0.3) is 5.91 Å². The van der Waals surface area contributed by atoms with Crippen molar-refractivity contribution in [2.24, 2.45) is 15.7 Å². The molecular formula is C19H26N4O2. The third-order valence-corrected chi connectivity index (χ3v) is 3.50. The van der Waals surface area contributed by atoms with Gasteiger partial charge in [0.05, 0.1) is 12.0 Å². The topological polar surface area (TPSA) is 80.3 Å². The van der Waals surface area contributed by atoms with Crippen molar-refractivity contribution < 1.29 is 9.53 Å². The molecule has 25 heavy (non-hydrogen) atoms. The molecule has 1 aliphatic heterocycles. The van der Waals surface area contributed by atoms with Crippen LogP contribution in [0.25, 0.3) is 0 Å². The largest absolute Gasteiger partial charge is 0.495 e. The van der Waals surface area contributed by atoms with E-state index in [1.54, 1.807) is 42.5 Å². The Kier molecular flexibility index (Phi) is 8.71. The first-order valence-corrected chi connectivity index (χ1v) is 8.13. The molecule has 1 aliphatic rings. The number of nitrogens with zero attached hydrogens (tertiary/aromatic N) is 3. The smallest absolute Gasteiger partial charge is 0.250 e. The van der Waals surface area contributed by atoms with Crippen molar-refractivity contribution in [3.63, 3.8) is 0 Å². The summed E-state index contributed by atoms with van der Waals surface area (Å²) in [6.45, 7) is 10.0. The molecule has 0 unspecified atom stereocenters.